The first-order chi connectivity index (χ1) is 16.2. The number of hydrazone groups is 1. The van der Waals surface area contributed by atoms with E-state index >= 15 is 0 Å². The molecule has 1 aliphatic rings. The number of ether oxygens (including phenoxy) is 1. The topological polar surface area (TPSA) is 79.9 Å². The van der Waals surface area contributed by atoms with Gasteiger partial charge in [0.05, 0.1) is 25.1 Å². The van der Waals surface area contributed by atoms with Crippen molar-refractivity contribution in [1.82, 2.24) is 19.6 Å². The lowest BCUT2D eigenvalue weighted by molar-refractivity contribution is 0.122. The highest BCUT2D eigenvalue weighted by Gasteiger charge is 2.18. The van der Waals surface area contributed by atoms with E-state index < -0.39 is 0 Å². The van der Waals surface area contributed by atoms with Gasteiger partial charge in [0.1, 0.15) is 5.82 Å². The van der Waals surface area contributed by atoms with Gasteiger partial charge in [-0.05, 0) is 36.2 Å². The van der Waals surface area contributed by atoms with Crippen molar-refractivity contribution in [2.24, 2.45) is 5.10 Å². The number of pyridine rings is 1. The van der Waals surface area contributed by atoms with Crippen molar-refractivity contribution < 1.29 is 4.74 Å². The molecule has 1 saturated heterocycles. The minimum atomic E-state index is 0.650. The third-order valence-electron chi connectivity index (χ3n) is 5.49. The van der Waals surface area contributed by atoms with Gasteiger partial charge in [-0.15, -0.1) is 0 Å². The largest absolute Gasteiger partial charge is 0.378 e. The Morgan fingerprint density at radius 2 is 1.94 bits per heavy atom. The molecule has 0 spiro atoms. The van der Waals surface area contributed by atoms with Crippen molar-refractivity contribution in [2.75, 3.05) is 36.6 Å². The van der Waals surface area contributed by atoms with Gasteiger partial charge in [0, 0.05) is 43.2 Å². The van der Waals surface area contributed by atoms with Crippen molar-refractivity contribution in [2.45, 2.75) is 6.92 Å². The van der Waals surface area contributed by atoms with E-state index in [2.05, 4.69) is 33.1 Å². The monoisotopic (exact) mass is 439 g/mol. The van der Waals surface area contributed by atoms with Crippen LogP contribution in [-0.4, -0.2) is 52.1 Å². The number of benzene rings is 1. The van der Waals surface area contributed by atoms with Gasteiger partial charge in [-0.2, -0.15) is 14.7 Å². The number of rotatable bonds is 6. The van der Waals surface area contributed by atoms with Crippen LogP contribution in [-0.2, 0) is 4.74 Å². The second-order valence-corrected chi connectivity index (χ2v) is 7.91. The summed E-state index contributed by atoms with van der Waals surface area (Å²) in [5, 5.41) is 9.24. The standard InChI is InChI=1S/C25H25N7O/c1-18(2)21-5-3-4-19(14-21)17-27-29-23-16-25(31-10-12-33-13-11-31)32-24(28-23)15-22(30-32)20-6-8-26-9-7-20/h3-9,14-17H,1,10-13H2,2H3,(H,28,29). The van der Waals surface area contributed by atoms with E-state index in [9.17, 15) is 0 Å². The predicted octanol–water partition coefficient (Wildman–Crippen LogP) is 4.11. The molecule has 0 unspecified atom stereocenters. The lowest BCUT2D eigenvalue weighted by Crippen LogP contribution is -2.37. The van der Waals surface area contributed by atoms with E-state index in [4.69, 9.17) is 14.8 Å². The Hall–Kier alpha value is -4.04. The van der Waals surface area contributed by atoms with Gasteiger partial charge in [-0.25, -0.2) is 4.98 Å². The van der Waals surface area contributed by atoms with Crippen molar-refractivity contribution in [1.29, 1.82) is 0 Å². The zero-order valence-corrected chi connectivity index (χ0v) is 18.5. The minimum Gasteiger partial charge on any atom is -0.378 e. The van der Waals surface area contributed by atoms with Gasteiger partial charge in [0.2, 0.25) is 0 Å². The van der Waals surface area contributed by atoms with Crippen molar-refractivity contribution in [3.63, 3.8) is 0 Å². The molecule has 4 heterocycles. The number of hydrogen-bond acceptors (Lipinski definition) is 7. The number of allylic oxidation sites excluding steroid dienone is 1. The fraction of sp³-hybridized carbons (Fsp3) is 0.200. The predicted molar refractivity (Wildman–Crippen MR) is 132 cm³/mol. The number of fused-ring (bicyclic) bond motifs is 1. The van der Waals surface area contributed by atoms with E-state index in [0.717, 1.165) is 52.5 Å². The molecule has 1 N–H and O–H groups in total. The van der Waals surface area contributed by atoms with Gasteiger partial charge in [-0.1, -0.05) is 30.4 Å². The maximum Gasteiger partial charge on any atom is 0.160 e. The average Bonchev–Trinajstić information content (AvgIpc) is 3.29. The Bertz CT molecular complexity index is 1310. The van der Waals surface area contributed by atoms with E-state index in [1.165, 1.54) is 0 Å². The van der Waals surface area contributed by atoms with Crippen LogP contribution in [0.5, 0.6) is 0 Å². The summed E-state index contributed by atoms with van der Waals surface area (Å²) >= 11 is 0. The molecule has 0 saturated carbocycles. The molecule has 0 atom stereocenters. The molecular formula is C25H25N7O. The lowest BCUT2D eigenvalue weighted by atomic mass is 10.1. The number of morpholine rings is 1. The Morgan fingerprint density at radius 3 is 2.73 bits per heavy atom. The highest BCUT2D eigenvalue weighted by atomic mass is 16.5. The Morgan fingerprint density at radius 1 is 1.12 bits per heavy atom. The molecule has 1 fully saturated rings. The van der Waals surface area contributed by atoms with Crippen LogP contribution in [0.2, 0.25) is 0 Å². The fourth-order valence-corrected chi connectivity index (χ4v) is 3.75. The van der Waals surface area contributed by atoms with Crippen LogP contribution in [0.25, 0.3) is 22.5 Å². The molecular weight excluding hydrogens is 414 g/mol. The zero-order chi connectivity index (χ0) is 22.6. The molecule has 5 rings (SSSR count). The summed E-state index contributed by atoms with van der Waals surface area (Å²) in [6, 6.07) is 15.9. The van der Waals surface area contributed by atoms with Crippen LogP contribution in [0.1, 0.15) is 18.1 Å². The lowest BCUT2D eigenvalue weighted by Gasteiger charge is -2.29. The molecule has 3 aromatic heterocycles. The number of hydrogen-bond donors (Lipinski definition) is 1. The first-order valence-electron chi connectivity index (χ1n) is 10.9. The maximum atomic E-state index is 5.54. The summed E-state index contributed by atoms with van der Waals surface area (Å²) in [5.41, 5.74) is 8.77. The highest BCUT2D eigenvalue weighted by molar-refractivity contribution is 5.82. The van der Waals surface area contributed by atoms with Gasteiger partial charge in [-0.3, -0.25) is 10.4 Å². The fourth-order valence-electron chi connectivity index (χ4n) is 3.75. The van der Waals surface area contributed by atoms with Crippen LogP contribution in [0.4, 0.5) is 11.6 Å². The normalized spacial score (nSPS) is 14.2. The van der Waals surface area contributed by atoms with Crippen LogP contribution >= 0.6 is 0 Å². The second kappa shape index (κ2) is 9.22. The van der Waals surface area contributed by atoms with Gasteiger partial charge in [0.15, 0.2) is 11.5 Å². The molecule has 1 aromatic carbocycles. The zero-order valence-electron chi connectivity index (χ0n) is 18.5. The molecule has 166 valence electrons. The first kappa shape index (κ1) is 20.8. The molecule has 0 amide bonds. The van der Waals surface area contributed by atoms with Gasteiger partial charge >= 0.3 is 0 Å². The molecule has 4 aromatic rings. The van der Waals surface area contributed by atoms with Gasteiger partial charge < -0.3 is 9.64 Å². The van der Waals surface area contributed by atoms with E-state index in [1.807, 2.05) is 53.9 Å². The van der Waals surface area contributed by atoms with E-state index in [0.29, 0.717) is 19.0 Å². The van der Waals surface area contributed by atoms with Crippen molar-refractivity contribution in [3.05, 3.63) is 78.6 Å². The summed E-state index contributed by atoms with van der Waals surface area (Å²) in [4.78, 5) is 11.1. The summed E-state index contributed by atoms with van der Waals surface area (Å²) in [6.45, 7) is 8.95. The summed E-state index contributed by atoms with van der Waals surface area (Å²) in [7, 11) is 0. The molecule has 0 radical (unpaired) electrons. The number of nitrogens with one attached hydrogen (secondary N) is 1. The summed E-state index contributed by atoms with van der Waals surface area (Å²) in [5.74, 6) is 1.60. The van der Waals surface area contributed by atoms with Crippen molar-refractivity contribution in [3.8, 4) is 11.3 Å². The molecule has 0 aliphatic carbocycles. The third kappa shape index (κ3) is 4.61. The Balaban J connectivity index is 1.48. The highest BCUT2D eigenvalue weighted by Crippen LogP contribution is 2.25. The summed E-state index contributed by atoms with van der Waals surface area (Å²) in [6.07, 6.45) is 5.31. The molecule has 8 nitrogen and oxygen atoms in total. The Kier molecular flexibility index (Phi) is 5.82. The smallest absolute Gasteiger partial charge is 0.160 e. The van der Waals surface area contributed by atoms with Gasteiger partial charge in [0.25, 0.3) is 0 Å². The van der Waals surface area contributed by atoms with Crippen LogP contribution in [0.3, 0.4) is 0 Å². The molecule has 33 heavy (non-hydrogen) atoms. The summed E-state index contributed by atoms with van der Waals surface area (Å²) < 4.78 is 7.42. The quantitative estimate of drug-likeness (QED) is 0.360. The molecule has 8 heteroatoms. The Labute approximate surface area is 192 Å². The average molecular weight is 440 g/mol. The van der Waals surface area contributed by atoms with Crippen LogP contribution in [0.15, 0.2) is 72.6 Å². The van der Waals surface area contributed by atoms with E-state index in [1.54, 1.807) is 18.6 Å². The second-order valence-electron chi connectivity index (χ2n) is 7.91. The third-order valence-corrected chi connectivity index (χ3v) is 5.49. The van der Waals surface area contributed by atoms with Crippen molar-refractivity contribution >= 4 is 29.1 Å². The molecule has 0 bridgehead atoms. The molecule has 1 aliphatic heterocycles. The van der Waals surface area contributed by atoms with E-state index in [-0.39, 0.29) is 0 Å². The SMILES string of the molecule is C=C(C)c1cccc(C=NNc2cc(N3CCOCC3)n3nc(-c4ccncc4)cc3n2)c1. The number of anilines is 2. The number of aromatic nitrogens is 4. The maximum absolute atomic E-state index is 5.54. The minimum absolute atomic E-state index is 0.650. The first-order valence-corrected chi connectivity index (χ1v) is 10.9. The van der Waals surface area contributed by atoms with Crippen LogP contribution in [0, 0.1) is 0 Å². The van der Waals surface area contributed by atoms with Crippen LogP contribution < -0.4 is 10.3 Å². The number of nitrogens with zero attached hydrogens (tertiary/aromatic N) is 6.